The van der Waals surface area contributed by atoms with E-state index < -0.39 is 11.8 Å². The lowest BCUT2D eigenvalue weighted by molar-refractivity contribution is -0.116. The van der Waals surface area contributed by atoms with Crippen molar-refractivity contribution in [3.8, 4) is 0 Å². The molecule has 1 N–H and O–H groups in total. The fourth-order valence-corrected chi connectivity index (χ4v) is 0.987. The molecule has 0 saturated heterocycles. The molecule has 0 aliphatic heterocycles. The summed E-state index contributed by atoms with van der Waals surface area (Å²) in [4.78, 5) is 22.7. The first-order chi connectivity index (χ1) is 7.00. The average molecular weight is 203 g/mol. The van der Waals surface area contributed by atoms with Gasteiger partial charge in [-0.15, -0.1) is 0 Å². The number of hydrogen-bond acceptors (Lipinski definition) is 2. The Morgan fingerprint density at radius 2 is 1.73 bits per heavy atom. The molecule has 0 aromatic heterocycles. The molecular formula is C12H13NO2. The van der Waals surface area contributed by atoms with Gasteiger partial charge in [0.05, 0.1) is 0 Å². The van der Waals surface area contributed by atoms with Crippen molar-refractivity contribution in [1.82, 2.24) is 5.32 Å². The van der Waals surface area contributed by atoms with E-state index in [9.17, 15) is 9.59 Å². The highest BCUT2D eigenvalue weighted by molar-refractivity contribution is 6.09. The van der Waals surface area contributed by atoms with Crippen LogP contribution >= 0.6 is 0 Å². The maximum atomic E-state index is 11.5. The van der Waals surface area contributed by atoms with Gasteiger partial charge in [-0.25, -0.2) is 0 Å². The first-order valence-electron chi connectivity index (χ1n) is 4.58. The zero-order valence-corrected chi connectivity index (χ0v) is 8.83. The smallest absolute Gasteiger partial charge is 0.258 e. The molecule has 0 saturated carbocycles. The van der Waals surface area contributed by atoms with Crippen molar-refractivity contribution in [2.24, 2.45) is 0 Å². The van der Waals surface area contributed by atoms with Crippen molar-refractivity contribution in [2.75, 3.05) is 0 Å². The molecule has 0 aliphatic rings. The molecule has 0 aliphatic carbocycles. The van der Waals surface area contributed by atoms with Gasteiger partial charge < -0.3 is 0 Å². The molecule has 0 bridgehead atoms. The molecule has 0 atom stereocenters. The molecular weight excluding hydrogens is 190 g/mol. The SMILES string of the molecule is C=C(C)C(=O)NC(=O)c1ccc(C)cc1. The highest BCUT2D eigenvalue weighted by Crippen LogP contribution is 2.03. The summed E-state index contributed by atoms with van der Waals surface area (Å²) in [5.41, 5.74) is 1.85. The van der Waals surface area contributed by atoms with Gasteiger partial charge in [0, 0.05) is 11.1 Å². The van der Waals surface area contributed by atoms with Gasteiger partial charge in [-0.05, 0) is 26.0 Å². The van der Waals surface area contributed by atoms with Crippen LogP contribution in [0.5, 0.6) is 0 Å². The van der Waals surface area contributed by atoms with Crippen LogP contribution in [0.15, 0.2) is 36.4 Å². The highest BCUT2D eigenvalue weighted by atomic mass is 16.2. The Bertz CT molecular complexity index is 404. The van der Waals surface area contributed by atoms with Crippen molar-refractivity contribution >= 4 is 11.8 Å². The monoisotopic (exact) mass is 203 g/mol. The summed E-state index contributed by atoms with van der Waals surface area (Å²) in [5, 5.41) is 2.24. The van der Waals surface area contributed by atoms with E-state index in [1.807, 2.05) is 19.1 Å². The summed E-state index contributed by atoms with van der Waals surface area (Å²) < 4.78 is 0. The number of carbonyl (C=O) groups is 2. The number of benzene rings is 1. The van der Waals surface area contributed by atoms with Crippen molar-refractivity contribution < 1.29 is 9.59 Å². The molecule has 0 unspecified atom stereocenters. The lowest BCUT2D eigenvalue weighted by Crippen LogP contribution is -2.30. The fourth-order valence-electron chi connectivity index (χ4n) is 0.987. The number of nitrogens with one attached hydrogen (secondary N) is 1. The molecule has 1 rings (SSSR count). The number of imide groups is 1. The van der Waals surface area contributed by atoms with Gasteiger partial charge in [0.15, 0.2) is 0 Å². The van der Waals surface area contributed by atoms with Gasteiger partial charge in [-0.1, -0.05) is 24.3 Å². The van der Waals surface area contributed by atoms with E-state index in [0.29, 0.717) is 11.1 Å². The minimum absolute atomic E-state index is 0.315. The number of amides is 2. The largest absolute Gasteiger partial charge is 0.288 e. The van der Waals surface area contributed by atoms with E-state index in [2.05, 4.69) is 11.9 Å². The van der Waals surface area contributed by atoms with Crippen LogP contribution < -0.4 is 5.32 Å². The third-order valence-corrected chi connectivity index (χ3v) is 1.93. The average Bonchev–Trinajstić information content (AvgIpc) is 2.18. The molecule has 0 spiro atoms. The molecule has 0 fully saturated rings. The van der Waals surface area contributed by atoms with Crippen LogP contribution in [0.2, 0.25) is 0 Å². The van der Waals surface area contributed by atoms with Crippen LogP contribution in [0.3, 0.4) is 0 Å². The van der Waals surface area contributed by atoms with Crippen molar-refractivity contribution in [1.29, 1.82) is 0 Å². The molecule has 15 heavy (non-hydrogen) atoms. The van der Waals surface area contributed by atoms with Crippen molar-refractivity contribution in [3.05, 3.63) is 47.5 Å². The second kappa shape index (κ2) is 4.55. The lowest BCUT2D eigenvalue weighted by Gasteiger charge is -2.03. The first-order valence-corrected chi connectivity index (χ1v) is 4.58. The second-order valence-corrected chi connectivity index (χ2v) is 3.43. The third-order valence-electron chi connectivity index (χ3n) is 1.93. The highest BCUT2D eigenvalue weighted by Gasteiger charge is 2.09. The fraction of sp³-hybridized carbons (Fsp3) is 0.167. The van der Waals surface area contributed by atoms with Crippen LogP contribution in [0, 0.1) is 6.92 Å². The Balaban J connectivity index is 2.74. The Labute approximate surface area is 88.8 Å². The number of aryl methyl sites for hydroxylation is 1. The third kappa shape index (κ3) is 3.06. The van der Waals surface area contributed by atoms with E-state index >= 15 is 0 Å². The summed E-state index contributed by atoms with van der Waals surface area (Å²) >= 11 is 0. The topological polar surface area (TPSA) is 46.2 Å². The van der Waals surface area contributed by atoms with Crippen LogP contribution in [-0.2, 0) is 4.79 Å². The van der Waals surface area contributed by atoms with Gasteiger partial charge in [0.2, 0.25) is 0 Å². The van der Waals surface area contributed by atoms with Crippen LogP contribution in [0.1, 0.15) is 22.8 Å². The number of hydrogen-bond donors (Lipinski definition) is 1. The lowest BCUT2D eigenvalue weighted by atomic mass is 10.1. The maximum absolute atomic E-state index is 11.5. The minimum atomic E-state index is -0.444. The van der Waals surface area contributed by atoms with E-state index in [0.717, 1.165) is 5.56 Å². The van der Waals surface area contributed by atoms with Gasteiger partial charge in [-0.3, -0.25) is 14.9 Å². The summed E-state index contributed by atoms with van der Waals surface area (Å²) in [7, 11) is 0. The molecule has 1 aromatic carbocycles. The standard InChI is InChI=1S/C12H13NO2/c1-8(2)11(14)13-12(15)10-6-4-9(3)5-7-10/h4-7H,1H2,2-3H3,(H,13,14,15). The Hall–Kier alpha value is -1.90. The summed E-state index contributed by atoms with van der Waals surface area (Å²) in [6.07, 6.45) is 0. The van der Waals surface area contributed by atoms with Gasteiger partial charge >= 0.3 is 0 Å². The van der Waals surface area contributed by atoms with E-state index in [1.54, 1.807) is 19.1 Å². The van der Waals surface area contributed by atoms with E-state index in [-0.39, 0.29) is 0 Å². The van der Waals surface area contributed by atoms with Crippen LogP contribution in [-0.4, -0.2) is 11.8 Å². The molecule has 0 heterocycles. The normalized spacial score (nSPS) is 9.47. The molecule has 2 amide bonds. The predicted molar refractivity (Wildman–Crippen MR) is 58.5 cm³/mol. The van der Waals surface area contributed by atoms with Crippen LogP contribution in [0.4, 0.5) is 0 Å². The number of carbonyl (C=O) groups excluding carboxylic acids is 2. The quantitative estimate of drug-likeness (QED) is 0.745. The molecule has 0 radical (unpaired) electrons. The van der Waals surface area contributed by atoms with E-state index in [1.165, 1.54) is 0 Å². The summed E-state index contributed by atoms with van der Waals surface area (Å²) in [6, 6.07) is 6.99. The van der Waals surface area contributed by atoms with Crippen LogP contribution in [0.25, 0.3) is 0 Å². The Kier molecular flexibility index (Phi) is 3.39. The van der Waals surface area contributed by atoms with Crippen molar-refractivity contribution in [3.63, 3.8) is 0 Å². The molecule has 3 heteroatoms. The van der Waals surface area contributed by atoms with E-state index in [4.69, 9.17) is 0 Å². The summed E-state index contributed by atoms with van der Waals surface area (Å²) in [6.45, 7) is 6.94. The molecule has 1 aromatic rings. The molecule has 3 nitrogen and oxygen atoms in total. The zero-order valence-electron chi connectivity index (χ0n) is 8.83. The van der Waals surface area contributed by atoms with Crippen molar-refractivity contribution in [2.45, 2.75) is 13.8 Å². The Morgan fingerprint density at radius 3 is 2.20 bits per heavy atom. The minimum Gasteiger partial charge on any atom is -0.288 e. The van der Waals surface area contributed by atoms with Gasteiger partial charge in [0.1, 0.15) is 0 Å². The number of rotatable bonds is 2. The molecule has 78 valence electrons. The second-order valence-electron chi connectivity index (χ2n) is 3.43. The summed E-state index contributed by atoms with van der Waals surface area (Å²) in [5.74, 6) is -0.844. The Morgan fingerprint density at radius 1 is 1.20 bits per heavy atom. The van der Waals surface area contributed by atoms with Gasteiger partial charge in [-0.2, -0.15) is 0 Å². The first kappa shape index (κ1) is 11.2. The van der Waals surface area contributed by atoms with Gasteiger partial charge in [0.25, 0.3) is 11.8 Å². The zero-order chi connectivity index (χ0) is 11.4. The predicted octanol–water partition coefficient (Wildman–Crippen LogP) is 1.83. The maximum Gasteiger partial charge on any atom is 0.258 e.